The maximum absolute atomic E-state index is 12.7. The zero-order valence-corrected chi connectivity index (χ0v) is 13.5. The Morgan fingerprint density at radius 2 is 2.05 bits per heavy atom. The molecule has 20 heavy (non-hydrogen) atoms. The summed E-state index contributed by atoms with van der Waals surface area (Å²) >= 11 is 1.68. The Morgan fingerprint density at radius 3 is 2.55 bits per heavy atom. The van der Waals surface area contributed by atoms with Gasteiger partial charge in [-0.05, 0) is 46.2 Å². The third kappa shape index (κ3) is 2.46. The largest absolute Gasteiger partial charge is 0.340 e. The van der Waals surface area contributed by atoms with Crippen molar-refractivity contribution in [1.82, 2.24) is 10.2 Å². The Morgan fingerprint density at radius 1 is 1.40 bits per heavy atom. The molecule has 1 N–H and O–H groups in total. The maximum atomic E-state index is 12.7. The van der Waals surface area contributed by atoms with Gasteiger partial charge in [0.05, 0.1) is 6.04 Å². The predicted octanol–water partition coefficient (Wildman–Crippen LogP) is 2.63. The summed E-state index contributed by atoms with van der Waals surface area (Å²) in [6.07, 6.45) is 0.627. The van der Waals surface area contributed by atoms with Gasteiger partial charge >= 0.3 is 0 Å². The Hall–Kier alpha value is -1.36. The smallest absolute Gasteiger partial charge is 0.248 e. The van der Waals surface area contributed by atoms with E-state index in [1.54, 1.807) is 30.1 Å². The molecule has 1 aromatic heterocycles. The Labute approximate surface area is 124 Å². The quantitative estimate of drug-likeness (QED) is 0.931. The minimum absolute atomic E-state index is 0.0116. The van der Waals surface area contributed by atoms with Gasteiger partial charge in [-0.3, -0.25) is 9.59 Å². The zero-order valence-electron chi connectivity index (χ0n) is 12.7. The van der Waals surface area contributed by atoms with Gasteiger partial charge in [-0.2, -0.15) is 0 Å². The van der Waals surface area contributed by atoms with Gasteiger partial charge in [0.2, 0.25) is 11.8 Å². The number of piperazine rings is 1. The first kappa shape index (κ1) is 15.0. The van der Waals surface area contributed by atoms with Crippen molar-refractivity contribution in [2.45, 2.75) is 58.7 Å². The number of nitrogens with zero attached hydrogens (tertiary/aromatic N) is 1. The summed E-state index contributed by atoms with van der Waals surface area (Å²) in [5, 5.41) is 2.82. The third-order valence-corrected chi connectivity index (χ3v) is 4.99. The van der Waals surface area contributed by atoms with Crippen molar-refractivity contribution >= 4 is 23.2 Å². The van der Waals surface area contributed by atoms with Crippen LogP contribution in [0.2, 0.25) is 0 Å². The molecular formula is C15H22N2O2S. The molecule has 5 heteroatoms. The molecule has 110 valence electrons. The predicted molar refractivity (Wildman–Crippen MR) is 80.6 cm³/mol. The van der Waals surface area contributed by atoms with E-state index in [2.05, 4.69) is 11.4 Å². The van der Waals surface area contributed by atoms with Gasteiger partial charge < -0.3 is 10.2 Å². The minimum Gasteiger partial charge on any atom is -0.340 e. The van der Waals surface area contributed by atoms with Crippen LogP contribution >= 0.6 is 11.3 Å². The number of carbonyl (C=O) groups excluding carboxylic acids is 2. The van der Waals surface area contributed by atoms with Crippen LogP contribution in [-0.2, 0) is 9.59 Å². The maximum Gasteiger partial charge on any atom is 0.248 e. The highest BCUT2D eigenvalue weighted by Gasteiger charge is 2.46. The van der Waals surface area contributed by atoms with E-state index in [1.165, 1.54) is 4.88 Å². The van der Waals surface area contributed by atoms with Crippen LogP contribution in [0.1, 0.15) is 49.9 Å². The topological polar surface area (TPSA) is 49.4 Å². The molecule has 0 saturated carbocycles. The molecule has 0 aromatic carbocycles. The normalized spacial score (nSPS) is 23.6. The summed E-state index contributed by atoms with van der Waals surface area (Å²) in [5.41, 5.74) is -0.830. The molecular weight excluding hydrogens is 272 g/mol. The van der Waals surface area contributed by atoms with E-state index in [0.717, 1.165) is 4.88 Å². The SMILES string of the molecule is CCC1C(=O)NC(C)(C)C(=O)N1C(C)c1ccc(C)s1. The zero-order chi connectivity index (χ0) is 15.1. The number of amides is 2. The van der Waals surface area contributed by atoms with Gasteiger partial charge in [-0.25, -0.2) is 0 Å². The first-order valence-electron chi connectivity index (χ1n) is 6.99. The highest BCUT2D eigenvalue weighted by Crippen LogP contribution is 2.33. The molecule has 2 heterocycles. The average Bonchev–Trinajstić information content (AvgIpc) is 2.79. The molecule has 2 atom stereocenters. The van der Waals surface area contributed by atoms with E-state index in [1.807, 2.05) is 26.8 Å². The van der Waals surface area contributed by atoms with E-state index >= 15 is 0 Å². The molecule has 1 saturated heterocycles. The number of hydrogen-bond acceptors (Lipinski definition) is 3. The molecule has 1 aromatic rings. The fourth-order valence-corrected chi connectivity index (χ4v) is 3.61. The second-order valence-electron chi connectivity index (χ2n) is 5.88. The molecule has 2 rings (SSSR count). The number of hydrogen-bond donors (Lipinski definition) is 1. The van der Waals surface area contributed by atoms with Gasteiger partial charge in [-0.15, -0.1) is 11.3 Å². The van der Waals surface area contributed by atoms with Crippen molar-refractivity contribution in [2.24, 2.45) is 0 Å². The highest BCUT2D eigenvalue weighted by molar-refractivity contribution is 7.12. The minimum atomic E-state index is -0.830. The summed E-state index contributed by atoms with van der Waals surface area (Å²) < 4.78 is 0. The van der Waals surface area contributed by atoms with Gasteiger partial charge in [-0.1, -0.05) is 6.92 Å². The van der Waals surface area contributed by atoms with Crippen molar-refractivity contribution in [3.63, 3.8) is 0 Å². The standard InChI is InChI=1S/C15H22N2O2S/c1-6-11-13(18)16-15(4,5)14(19)17(11)10(3)12-8-7-9(2)20-12/h7-8,10-11H,6H2,1-5H3,(H,16,18). The molecule has 1 fully saturated rings. The lowest BCUT2D eigenvalue weighted by Crippen LogP contribution is -2.68. The van der Waals surface area contributed by atoms with Crippen molar-refractivity contribution in [3.8, 4) is 0 Å². The lowest BCUT2D eigenvalue weighted by Gasteiger charge is -2.45. The molecule has 4 nitrogen and oxygen atoms in total. The number of carbonyl (C=O) groups is 2. The van der Waals surface area contributed by atoms with Crippen LogP contribution in [0, 0.1) is 6.92 Å². The first-order chi connectivity index (χ1) is 9.27. The van der Waals surface area contributed by atoms with Crippen LogP contribution in [0.3, 0.4) is 0 Å². The molecule has 0 spiro atoms. The number of nitrogens with one attached hydrogen (secondary N) is 1. The van der Waals surface area contributed by atoms with Gasteiger partial charge in [0.1, 0.15) is 11.6 Å². The molecule has 0 aliphatic carbocycles. The first-order valence-corrected chi connectivity index (χ1v) is 7.80. The molecule has 2 unspecified atom stereocenters. The summed E-state index contributed by atoms with van der Waals surface area (Å²) in [4.78, 5) is 29.0. The third-order valence-electron chi connectivity index (χ3n) is 3.82. The van der Waals surface area contributed by atoms with Gasteiger partial charge in [0.15, 0.2) is 0 Å². The van der Waals surface area contributed by atoms with Crippen LogP contribution in [0.5, 0.6) is 0 Å². The summed E-state index contributed by atoms with van der Waals surface area (Å²) in [6, 6.07) is 3.64. The van der Waals surface area contributed by atoms with Crippen molar-refractivity contribution < 1.29 is 9.59 Å². The summed E-state index contributed by atoms with van der Waals surface area (Å²) in [5.74, 6) is -0.0697. The Balaban J connectivity index is 2.38. The second kappa shape index (κ2) is 5.20. The molecule has 0 radical (unpaired) electrons. The number of aryl methyl sites for hydroxylation is 1. The monoisotopic (exact) mass is 294 g/mol. The number of thiophene rings is 1. The number of rotatable bonds is 3. The fraction of sp³-hybridized carbons (Fsp3) is 0.600. The Bertz CT molecular complexity index is 536. The summed E-state index contributed by atoms with van der Waals surface area (Å²) in [6.45, 7) is 9.51. The van der Waals surface area contributed by atoms with Crippen LogP contribution in [0.25, 0.3) is 0 Å². The second-order valence-corrected chi connectivity index (χ2v) is 7.19. The van der Waals surface area contributed by atoms with Crippen molar-refractivity contribution in [3.05, 3.63) is 21.9 Å². The summed E-state index contributed by atoms with van der Waals surface area (Å²) in [7, 11) is 0. The average molecular weight is 294 g/mol. The van der Waals surface area contributed by atoms with Crippen molar-refractivity contribution in [1.29, 1.82) is 0 Å². The van der Waals surface area contributed by atoms with E-state index in [4.69, 9.17) is 0 Å². The van der Waals surface area contributed by atoms with E-state index in [-0.39, 0.29) is 23.9 Å². The lowest BCUT2D eigenvalue weighted by atomic mass is 9.94. The van der Waals surface area contributed by atoms with Crippen LogP contribution in [0.15, 0.2) is 12.1 Å². The van der Waals surface area contributed by atoms with E-state index in [0.29, 0.717) is 6.42 Å². The molecule has 1 aliphatic rings. The fourth-order valence-electron chi connectivity index (χ4n) is 2.68. The van der Waals surface area contributed by atoms with Crippen molar-refractivity contribution in [2.75, 3.05) is 0 Å². The van der Waals surface area contributed by atoms with Crippen LogP contribution in [0.4, 0.5) is 0 Å². The molecule has 1 aliphatic heterocycles. The Kier molecular flexibility index (Phi) is 3.91. The van der Waals surface area contributed by atoms with E-state index in [9.17, 15) is 9.59 Å². The lowest BCUT2D eigenvalue weighted by molar-refractivity contribution is -0.156. The molecule has 0 bridgehead atoms. The van der Waals surface area contributed by atoms with Crippen LogP contribution < -0.4 is 5.32 Å². The molecule has 2 amide bonds. The highest BCUT2D eigenvalue weighted by atomic mass is 32.1. The van der Waals surface area contributed by atoms with Crippen LogP contribution in [-0.4, -0.2) is 28.3 Å². The van der Waals surface area contributed by atoms with Gasteiger partial charge in [0, 0.05) is 9.75 Å². The van der Waals surface area contributed by atoms with Gasteiger partial charge in [0.25, 0.3) is 0 Å². The van der Waals surface area contributed by atoms with E-state index < -0.39 is 5.54 Å².